The summed E-state index contributed by atoms with van der Waals surface area (Å²) in [6, 6.07) is 8.29. The van der Waals surface area contributed by atoms with Crippen LogP contribution in [-0.2, 0) is 11.3 Å². The number of rotatable bonds is 4. The van der Waals surface area contributed by atoms with Gasteiger partial charge in [-0.25, -0.2) is 15.4 Å². The number of hydrazine groups is 1. The summed E-state index contributed by atoms with van der Waals surface area (Å²) in [6.45, 7) is 4.81. The number of thiophene rings is 1. The SMILES string of the molecule is C1=CN(Cc2cc3nc(-c4cccc5[nH]ncc45)nc(N4CCOCC4)c3s2)NC1. The fourth-order valence-corrected chi connectivity index (χ4v) is 5.11. The average molecular weight is 420 g/mol. The second-order valence-corrected chi connectivity index (χ2v) is 8.55. The summed E-state index contributed by atoms with van der Waals surface area (Å²) >= 11 is 1.77. The summed E-state index contributed by atoms with van der Waals surface area (Å²) in [5.74, 6) is 1.74. The lowest BCUT2D eigenvalue weighted by atomic mass is 10.1. The number of hydrogen-bond acceptors (Lipinski definition) is 8. The van der Waals surface area contributed by atoms with Gasteiger partial charge < -0.3 is 14.6 Å². The predicted octanol–water partition coefficient (Wildman–Crippen LogP) is 2.91. The molecule has 0 radical (unpaired) electrons. The van der Waals surface area contributed by atoms with E-state index in [0.29, 0.717) is 0 Å². The lowest BCUT2D eigenvalue weighted by Gasteiger charge is -2.28. The van der Waals surface area contributed by atoms with Crippen LogP contribution in [0.15, 0.2) is 42.7 Å². The van der Waals surface area contributed by atoms with Crippen molar-refractivity contribution in [2.75, 3.05) is 37.7 Å². The highest BCUT2D eigenvalue weighted by atomic mass is 32.1. The maximum Gasteiger partial charge on any atom is 0.162 e. The van der Waals surface area contributed by atoms with Gasteiger partial charge in [0.2, 0.25) is 0 Å². The molecule has 3 aromatic heterocycles. The van der Waals surface area contributed by atoms with Crippen LogP contribution in [0.2, 0.25) is 0 Å². The Labute approximate surface area is 177 Å². The van der Waals surface area contributed by atoms with E-state index in [1.165, 1.54) is 4.88 Å². The molecule has 8 nitrogen and oxygen atoms in total. The summed E-state index contributed by atoms with van der Waals surface area (Å²) in [6.07, 6.45) is 6.05. The quantitative estimate of drug-likeness (QED) is 0.526. The Bertz CT molecular complexity index is 1240. The molecule has 6 rings (SSSR count). The normalized spacial score (nSPS) is 16.9. The summed E-state index contributed by atoms with van der Waals surface area (Å²) < 4.78 is 6.71. The topological polar surface area (TPSA) is 82.2 Å². The van der Waals surface area contributed by atoms with E-state index in [4.69, 9.17) is 14.7 Å². The van der Waals surface area contributed by atoms with Crippen LogP contribution in [0.25, 0.3) is 32.5 Å². The third kappa shape index (κ3) is 3.11. The fourth-order valence-electron chi connectivity index (χ4n) is 3.99. The van der Waals surface area contributed by atoms with Crippen molar-refractivity contribution in [1.29, 1.82) is 0 Å². The van der Waals surface area contributed by atoms with Crippen LogP contribution < -0.4 is 10.3 Å². The number of benzene rings is 1. The Morgan fingerprint density at radius 3 is 2.97 bits per heavy atom. The number of morpholine rings is 1. The number of nitrogens with zero attached hydrogens (tertiary/aromatic N) is 5. The summed E-state index contributed by atoms with van der Waals surface area (Å²) in [5.41, 5.74) is 6.31. The number of aromatic nitrogens is 4. The molecule has 0 amide bonds. The lowest BCUT2D eigenvalue weighted by Crippen LogP contribution is -2.36. The van der Waals surface area contributed by atoms with E-state index in [-0.39, 0.29) is 0 Å². The largest absolute Gasteiger partial charge is 0.378 e. The molecule has 2 N–H and O–H groups in total. The number of nitrogens with one attached hydrogen (secondary N) is 2. The van der Waals surface area contributed by atoms with Crippen molar-refractivity contribution in [3.8, 4) is 11.4 Å². The maximum atomic E-state index is 5.57. The molecule has 0 spiro atoms. The monoisotopic (exact) mass is 419 g/mol. The highest BCUT2D eigenvalue weighted by molar-refractivity contribution is 7.19. The van der Waals surface area contributed by atoms with E-state index in [1.54, 1.807) is 11.3 Å². The molecular weight excluding hydrogens is 398 g/mol. The Morgan fingerprint density at radius 1 is 1.17 bits per heavy atom. The zero-order valence-electron chi connectivity index (χ0n) is 16.3. The van der Waals surface area contributed by atoms with Crippen LogP contribution in [0.4, 0.5) is 5.82 Å². The van der Waals surface area contributed by atoms with Crippen molar-refractivity contribution >= 4 is 38.3 Å². The summed E-state index contributed by atoms with van der Waals surface area (Å²) in [5, 5.41) is 10.4. The Balaban J connectivity index is 1.49. The molecule has 9 heteroatoms. The van der Waals surface area contributed by atoms with Crippen LogP contribution in [0.1, 0.15) is 4.88 Å². The molecule has 152 valence electrons. The van der Waals surface area contributed by atoms with Crippen molar-refractivity contribution in [1.82, 2.24) is 30.6 Å². The molecule has 0 unspecified atom stereocenters. The molecule has 1 saturated heterocycles. The number of fused-ring (bicyclic) bond motifs is 2. The van der Waals surface area contributed by atoms with Gasteiger partial charge in [-0.2, -0.15) is 5.10 Å². The maximum absolute atomic E-state index is 5.57. The zero-order valence-corrected chi connectivity index (χ0v) is 17.2. The first-order valence-electron chi connectivity index (χ1n) is 10.1. The van der Waals surface area contributed by atoms with Gasteiger partial charge in [0.1, 0.15) is 0 Å². The molecule has 0 saturated carbocycles. The van der Waals surface area contributed by atoms with Crippen molar-refractivity contribution in [3.63, 3.8) is 0 Å². The van der Waals surface area contributed by atoms with E-state index in [2.05, 4.69) is 49.9 Å². The zero-order chi connectivity index (χ0) is 19.9. The van der Waals surface area contributed by atoms with Crippen LogP contribution in [0.5, 0.6) is 0 Å². The van der Waals surface area contributed by atoms with E-state index < -0.39 is 0 Å². The van der Waals surface area contributed by atoms with Gasteiger partial charge in [-0.15, -0.1) is 11.3 Å². The first-order chi connectivity index (χ1) is 14.8. The summed E-state index contributed by atoms with van der Waals surface area (Å²) in [7, 11) is 0. The average Bonchev–Trinajstić information content (AvgIpc) is 3.54. The number of aromatic amines is 1. The number of ether oxygens (including phenoxy) is 1. The van der Waals surface area contributed by atoms with Gasteiger partial charge in [-0.3, -0.25) is 5.10 Å². The van der Waals surface area contributed by atoms with Crippen LogP contribution in [0, 0.1) is 0 Å². The minimum atomic E-state index is 0.721. The fraction of sp³-hybridized carbons (Fsp3) is 0.286. The molecule has 30 heavy (non-hydrogen) atoms. The highest BCUT2D eigenvalue weighted by Gasteiger charge is 2.21. The molecule has 2 aliphatic heterocycles. The number of H-pyrrole nitrogens is 1. The molecule has 1 fully saturated rings. The van der Waals surface area contributed by atoms with Crippen molar-refractivity contribution in [3.05, 3.63) is 47.6 Å². The molecular formula is C21H21N7OS. The third-order valence-corrected chi connectivity index (χ3v) is 6.57. The Morgan fingerprint density at radius 2 is 2.10 bits per heavy atom. The summed E-state index contributed by atoms with van der Waals surface area (Å²) in [4.78, 5) is 13.6. The Hall–Kier alpha value is -3.01. The van der Waals surface area contributed by atoms with E-state index in [1.807, 2.05) is 18.3 Å². The van der Waals surface area contributed by atoms with Gasteiger partial charge in [0, 0.05) is 41.7 Å². The van der Waals surface area contributed by atoms with Gasteiger partial charge in [0.15, 0.2) is 11.6 Å². The first kappa shape index (κ1) is 17.8. The van der Waals surface area contributed by atoms with Crippen LogP contribution in [-0.4, -0.2) is 58.0 Å². The smallest absolute Gasteiger partial charge is 0.162 e. The number of hydrogen-bond donors (Lipinski definition) is 2. The van der Waals surface area contributed by atoms with Gasteiger partial charge in [-0.05, 0) is 12.1 Å². The minimum absolute atomic E-state index is 0.721. The standard InChI is InChI=1S/C21H21N7OS/c1-3-15(16-12-22-26-17(16)4-1)20-24-18-11-14(13-28-6-2-5-23-28)30-19(18)21(25-20)27-7-9-29-10-8-27/h1-4,6,11-12,23H,5,7-10,13H2,(H,22,26). The van der Waals surface area contributed by atoms with Crippen LogP contribution >= 0.6 is 11.3 Å². The molecule has 1 aromatic carbocycles. The molecule has 4 aromatic rings. The van der Waals surface area contributed by atoms with E-state index in [0.717, 1.165) is 77.7 Å². The van der Waals surface area contributed by atoms with Gasteiger partial charge in [0.25, 0.3) is 0 Å². The second-order valence-electron chi connectivity index (χ2n) is 7.41. The van der Waals surface area contributed by atoms with Gasteiger partial charge >= 0.3 is 0 Å². The lowest BCUT2D eigenvalue weighted by molar-refractivity contribution is 0.122. The number of anilines is 1. The van der Waals surface area contributed by atoms with Gasteiger partial charge in [0.05, 0.1) is 41.7 Å². The van der Waals surface area contributed by atoms with Crippen molar-refractivity contribution in [2.24, 2.45) is 0 Å². The van der Waals surface area contributed by atoms with Gasteiger partial charge in [-0.1, -0.05) is 18.2 Å². The molecule has 0 bridgehead atoms. The second kappa shape index (κ2) is 7.35. The highest BCUT2D eigenvalue weighted by Crippen LogP contribution is 2.36. The molecule has 0 atom stereocenters. The Kier molecular flexibility index (Phi) is 4.37. The van der Waals surface area contributed by atoms with Crippen LogP contribution in [0.3, 0.4) is 0 Å². The van der Waals surface area contributed by atoms with Crippen molar-refractivity contribution in [2.45, 2.75) is 6.54 Å². The molecule has 0 aliphatic carbocycles. The molecule has 5 heterocycles. The van der Waals surface area contributed by atoms with Crippen molar-refractivity contribution < 1.29 is 4.74 Å². The van der Waals surface area contributed by atoms with E-state index >= 15 is 0 Å². The minimum Gasteiger partial charge on any atom is -0.378 e. The molecule has 2 aliphatic rings. The third-order valence-electron chi connectivity index (χ3n) is 5.46. The predicted molar refractivity (Wildman–Crippen MR) is 118 cm³/mol. The van der Waals surface area contributed by atoms with E-state index in [9.17, 15) is 0 Å². The first-order valence-corrected chi connectivity index (χ1v) is 10.9.